The van der Waals surface area contributed by atoms with E-state index in [9.17, 15) is 5.26 Å². The molecule has 5 rings (SSSR count). The van der Waals surface area contributed by atoms with Crippen LogP contribution in [-0.4, -0.2) is 4.98 Å². The maximum atomic E-state index is 10.1. The second-order valence-electron chi connectivity index (χ2n) is 7.18. The number of hydrogen-bond acceptors (Lipinski definition) is 5. The topological polar surface area (TPSA) is 36.7 Å². The number of pyridine rings is 1. The Bertz CT molecular complexity index is 1280. The maximum absolute atomic E-state index is 10.1. The molecule has 0 saturated heterocycles. The van der Waals surface area contributed by atoms with Gasteiger partial charge >= 0.3 is 0 Å². The summed E-state index contributed by atoms with van der Waals surface area (Å²) in [6, 6.07) is 18.7. The van der Waals surface area contributed by atoms with E-state index in [4.69, 9.17) is 16.6 Å². The van der Waals surface area contributed by atoms with Crippen molar-refractivity contribution in [2.75, 3.05) is 0 Å². The zero-order chi connectivity index (χ0) is 21.2. The Morgan fingerprint density at radius 2 is 1.87 bits per heavy atom. The standard InChI is InChI=1S/C25H17ClN2S3/c26-18-8-5-16(6-9-18)15-31-25-21(14-27)23(22-4-2-12-30-22)20-10-7-17(24(20)28-25)13-19-3-1-11-29-19/h1-6,8-9,11-13H,7,10,15H2/b17-13+. The van der Waals surface area contributed by atoms with Crippen LogP contribution in [-0.2, 0) is 12.2 Å². The van der Waals surface area contributed by atoms with Gasteiger partial charge in [0.2, 0.25) is 0 Å². The molecule has 0 aliphatic heterocycles. The second kappa shape index (κ2) is 9.02. The molecule has 6 heteroatoms. The lowest BCUT2D eigenvalue weighted by atomic mass is 10.0. The first-order valence-electron chi connectivity index (χ1n) is 9.85. The molecule has 2 nitrogen and oxygen atoms in total. The van der Waals surface area contributed by atoms with Crippen molar-refractivity contribution in [1.29, 1.82) is 5.26 Å². The molecule has 152 valence electrons. The monoisotopic (exact) mass is 476 g/mol. The molecule has 0 bridgehead atoms. The molecule has 0 atom stereocenters. The third kappa shape index (κ3) is 4.22. The second-order valence-corrected chi connectivity index (χ2v) is 10.5. The molecule has 0 spiro atoms. The van der Waals surface area contributed by atoms with E-state index >= 15 is 0 Å². The van der Waals surface area contributed by atoms with Crippen molar-refractivity contribution >= 4 is 57.7 Å². The number of nitrogens with zero attached hydrogens (tertiary/aromatic N) is 2. The summed E-state index contributed by atoms with van der Waals surface area (Å²) in [6.07, 6.45) is 4.12. The minimum atomic E-state index is 0.692. The van der Waals surface area contributed by atoms with Crippen molar-refractivity contribution in [2.24, 2.45) is 0 Å². The molecule has 0 amide bonds. The highest BCUT2D eigenvalue weighted by molar-refractivity contribution is 7.98. The summed E-state index contributed by atoms with van der Waals surface area (Å²) in [6.45, 7) is 0. The number of thiophene rings is 2. The molecule has 3 heterocycles. The van der Waals surface area contributed by atoms with E-state index in [1.165, 1.54) is 16.0 Å². The van der Waals surface area contributed by atoms with Crippen LogP contribution in [0.5, 0.6) is 0 Å². The number of benzene rings is 1. The molecule has 1 aliphatic rings. The van der Waals surface area contributed by atoms with Crippen molar-refractivity contribution in [2.45, 2.75) is 23.6 Å². The summed E-state index contributed by atoms with van der Waals surface area (Å²) in [5.41, 5.74) is 6.43. The molecular weight excluding hydrogens is 460 g/mol. The van der Waals surface area contributed by atoms with Gasteiger partial charge in [-0.2, -0.15) is 5.26 Å². The highest BCUT2D eigenvalue weighted by atomic mass is 35.5. The van der Waals surface area contributed by atoms with E-state index in [2.05, 4.69) is 41.1 Å². The molecule has 1 aromatic carbocycles. The van der Waals surface area contributed by atoms with E-state index in [-0.39, 0.29) is 0 Å². The van der Waals surface area contributed by atoms with Crippen molar-refractivity contribution in [3.8, 4) is 16.5 Å². The van der Waals surface area contributed by atoms with Crippen molar-refractivity contribution in [3.05, 3.63) is 91.6 Å². The van der Waals surface area contributed by atoms with Gasteiger partial charge in [-0.05, 0) is 70.6 Å². The number of rotatable bonds is 5. The summed E-state index contributed by atoms with van der Waals surface area (Å²) in [5.74, 6) is 0.742. The van der Waals surface area contributed by atoms with Crippen molar-refractivity contribution in [3.63, 3.8) is 0 Å². The zero-order valence-corrected chi connectivity index (χ0v) is 19.7. The molecule has 0 unspecified atom stereocenters. The van der Waals surface area contributed by atoms with Crippen LogP contribution in [0.3, 0.4) is 0 Å². The van der Waals surface area contributed by atoms with Gasteiger partial charge in [0.15, 0.2) is 0 Å². The number of halogens is 1. The van der Waals surface area contributed by atoms with Crippen LogP contribution >= 0.6 is 46.0 Å². The molecule has 1 aliphatic carbocycles. The Morgan fingerprint density at radius 3 is 2.58 bits per heavy atom. The minimum Gasteiger partial charge on any atom is -0.240 e. The van der Waals surface area contributed by atoms with Crippen LogP contribution < -0.4 is 0 Å². The number of allylic oxidation sites excluding steroid dienone is 1. The molecular formula is C25H17ClN2S3. The predicted molar refractivity (Wildman–Crippen MR) is 134 cm³/mol. The highest BCUT2D eigenvalue weighted by Gasteiger charge is 2.27. The molecule has 0 N–H and O–H groups in total. The van der Waals surface area contributed by atoms with E-state index in [1.54, 1.807) is 34.4 Å². The lowest BCUT2D eigenvalue weighted by Crippen LogP contribution is -2.00. The van der Waals surface area contributed by atoms with Crippen LogP contribution in [0.25, 0.3) is 22.1 Å². The van der Waals surface area contributed by atoms with Crippen molar-refractivity contribution < 1.29 is 0 Å². The van der Waals surface area contributed by atoms with Crippen LogP contribution in [0.4, 0.5) is 0 Å². The molecule has 0 radical (unpaired) electrons. The molecule has 0 saturated carbocycles. The Balaban J connectivity index is 1.61. The highest BCUT2D eigenvalue weighted by Crippen LogP contribution is 2.44. The normalized spacial score (nSPS) is 14.0. The van der Waals surface area contributed by atoms with Gasteiger partial charge in [-0.15, -0.1) is 34.4 Å². The Morgan fingerprint density at radius 1 is 1.06 bits per heavy atom. The molecule has 4 aromatic rings. The average molecular weight is 477 g/mol. The Labute approximate surface area is 198 Å². The molecule has 0 fully saturated rings. The first-order chi connectivity index (χ1) is 15.2. The van der Waals surface area contributed by atoms with E-state index < -0.39 is 0 Å². The van der Waals surface area contributed by atoms with Gasteiger partial charge in [0.1, 0.15) is 11.1 Å². The number of aromatic nitrogens is 1. The van der Waals surface area contributed by atoms with Crippen LogP contribution in [0.2, 0.25) is 5.02 Å². The van der Waals surface area contributed by atoms with Crippen LogP contribution in [0.1, 0.15) is 33.7 Å². The largest absolute Gasteiger partial charge is 0.240 e. The van der Waals surface area contributed by atoms with Gasteiger partial charge in [-0.25, -0.2) is 4.98 Å². The smallest absolute Gasteiger partial charge is 0.116 e. The van der Waals surface area contributed by atoms with Crippen LogP contribution in [0, 0.1) is 11.3 Å². The van der Waals surface area contributed by atoms with Crippen molar-refractivity contribution in [1.82, 2.24) is 4.98 Å². The van der Waals surface area contributed by atoms with Gasteiger partial charge in [0.25, 0.3) is 0 Å². The van der Waals surface area contributed by atoms with E-state index in [0.717, 1.165) is 50.3 Å². The lowest BCUT2D eigenvalue weighted by molar-refractivity contribution is 1.05. The fraction of sp³-hybridized carbons (Fsp3) is 0.120. The number of thioether (sulfide) groups is 1. The fourth-order valence-corrected chi connectivity index (χ4v) is 6.36. The average Bonchev–Trinajstić information content (AvgIpc) is 3.56. The summed E-state index contributed by atoms with van der Waals surface area (Å²) in [7, 11) is 0. The third-order valence-electron chi connectivity index (χ3n) is 5.24. The van der Waals surface area contributed by atoms with Gasteiger partial charge in [0.05, 0.1) is 11.3 Å². The predicted octanol–water partition coefficient (Wildman–Crippen LogP) is 8.18. The first kappa shape index (κ1) is 20.5. The summed E-state index contributed by atoms with van der Waals surface area (Å²) in [5, 5.41) is 15.8. The Hall–Kier alpha value is -2.36. The van der Waals surface area contributed by atoms with Gasteiger partial charge in [0, 0.05) is 26.1 Å². The zero-order valence-electron chi connectivity index (χ0n) is 16.5. The van der Waals surface area contributed by atoms with E-state index in [0.29, 0.717) is 5.56 Å². The third-order valence-corrected chi connectivity index (χ3v) is 8.25. The maximum Gasteiger partial charge on any atom is 0.116 e. The lowest BCUT2D eigenvalue weighted by Gasteiger charge is -2.13. The first-order valence-corrected chi connectivity index (χ1v) is 13.0. The minimum absolute atomic E-state index is 0.692. The summed E-state index contributed by atoms with van der Waals surface area (Å²) in [4.78, 5) is 7.42. The van der Waals surface area contributed by atoms with Crippen LogP contribution in [0.15, 0.2) is 64.3 Å². The molecule has 3 aromatic heterocycles. The summed E-state index contributed by atoms with van der Waals surface area (Å²) < 4.78 is 0. The Kier molecular flexibility index (Phi) is 5.97. The van der Waals surface area contributed by atoms with E-state index in [1.807, 2.05) is 30.3 Å². The van der Waals surface area contributed by atoms with Gasteiger partial charge in [-0.1, -0.05) is 35.9 Å². The number of fused-ring (bicyclic) bond motifs is 1. The molecule has 31 heavy (non-hydrogen) atoms. The number of nitriles is 1. The fourth-order valence-electron chi connectivity index (χ4n) is 3.81. The SMILES string of the molecule is N#Cc1c(SCc2ccc(Cl)cc2)nc2c(c1-c1cccs1)CC/C2=C\c1cccs1. The van der Waals surface area contributed by atoms with Gasteiger partial charge < -0.3 is 0 Å². The number of hydrogen-bond donors (Lipinski definition) is 0. The quantitative estimate of drug-likeness (QED) is 0.272. The summed E-state index contributed by atoms with van der Waals surface area (Å²) >= 11 is 11.1. The van der Waals surface area contributed by atoms with Gasteiger partial charge in [-0.3, -0.25) is 0 Å².